The molecular formula is C23H26N2O3. The number of nitrogens with one attached hydrogen (secondary N) is 2. The fraction of sp³-hybridized carbons (Fsp3) is 0.348. The molecule has 0 aliphatic carbocycles. The number of piperidine rings is 1. The summed E-state index contributed by atoms with van der Waals surface area (Å²) in [5.74, 6) is 6.13. The summed E-state index contributed by atoms with van der Waals surface area (Å²) in [6, 6.07) is 17.3. The highest BCUT2D eigenvalue weighted by Gasteiger charge is 2.30. The van der Waals surface area contributed by atoms with Crippen LogP contribution in [0.2, 0.25) is 0 Å². The Labute approximate surface area is 166 Å². The minimum Gasteiger partial charge on any atom is -0.445 e. The summed E-state index contributed by atoms with van der Waals surface area (Å²) in [6.45, 7) is 2.36. The lowest BCUT2D eigenvalue weighted by Crippen LogP contribution is -2.39. The SMILES string of the molecule is O=C(NCCC#Cc1ccc(C2(O)CCNCC2)cc1)OCc1ccccc1. The molecule has 3 rings (SSSR count). The molecule has 0 unspecified atom stereocenters. The predicted molar refractivity (Wildman–Crippen MR) is 109 cm³/mol. The fourth-order valence-electron chi connectivity index (χ4n) is 3.16. The van der Waals surface area contributed by atoms with Gasteiger partial charge in [-0.15, -0.1) is 0 Å². The largest absolute Gasteiger partial charge is 0.445 e. The second-order valence-corrected chi connectivity index (χ2v) is 6.90. The molecule has 1 fully saturated rings. The van der Waals surface area contributed by atoms with Crippen LogP contribution < -0.4 is 10.6 Å². The van der Waals surface area contributed by atoms with E-state index in [-0.39, 0.29) is 6.61 Å². The van der Waals surface area contributed by atoms with Crippen molar-refractivity contribution in [1.82, 2.24) is 10.6 Å². The van der Waals surface area contributed by atoms with Crippen molar-refractivity contribution in [3.05, 3.63) is 71.3 Å². The molecule has 1 amide bonds. The van der Waals surface area contributed by atoms with Crippen molar-refractivity contribution in [2.24, 2.45) is 0 Å². The Morgan fingerprint density at radius 3 is 2.54 bits per heavy atom. The third kappa shape index (κ3) is 5.85. The normalized spacial score (nSPS) is 15.2. The van der Waals surface area contributed by atoms with Crippen LogP contribution in [0.1, 0.15) is 36.0 Å². The van der Waals surface area contributed by atoms with Gasteiger partial charge in [0, 0.05) is 18.5 Å². The monoisotopic (exact) mass is 378 g/mol. The van der Waals surface area contributed by atoms with Crippen molar-refractivity contribution in [3.8, 4) is 11.8 Å². The number of hydrogen-bond donors (Lipinski definition) is 3. The first-order valence-electron chi connectivity index (χ1n) is 9.63. The van der Waals surface area contributed by atoms with Crippen molar-refractivity contribution in [3.63, 3.8) is 0 Å². The van der Waals surface area contributed by atoms with Crippen LogP contribution >= 0.6 is 0 Å². The quantitative estimate of drug-likeness (QED) is 0.553. The van der Waals surface area contributed by atoms with Crippen molar-refractivity contribution in [2.75, 3.05) is 19.6 Å². The highest BCUT2D eigenvalue weighted by molar-refractivity contribution is 5.67. The van der Waals surface area contributed by atoms with Crippen molar-refractivity contribution >= 4 is 6.09 Å². The van der Waals surface area contributed by atoms with Crippen LogP contribution in [0, 0.1) is 11.8 Å². The van der Waals surface area contributed by atoms with Crippen LogP contribution in [0.4, 0.5) is 4.79 Å². The standard InChI is InChI=1S/C23H26N2O3/c26-22(28-18-20-7-2-1-3-8-20)25-15-5-4-6-19-9-11-21(12-10-19)23(27)13-16-24-17-14-23/h1-3,7-12,24,27H,5,13-18H2,(H,25,26). The molecule has 1 heterocycles. The smallest absolute Gasteiger partial charge is 0.407 e. The Bertz CT molecular complexity index is 816. The van der Waals surface area contributed by atoms with Crippen LogP contribution in [-0.2, 0) is 16.9 Å². The molecule has 3 N–H and O–H groups in total. The Balaban J connectivity index is 1.39. The summed E-state index contributed by atoms with van der Waals surface area (Å²) < 4.78 is 5.15. The van der Waals surface area contributed by atoms with Crippen LogP contribution in [0.3, 0.4) is 0 Å². The van der Waals surface area contributed by atoms with Gasteiger partial charge < -0.3 is 20.5 Å². The van der Waals surface area contributed by atoms with E-state index in [9.17, 15) is 9.90 Å². The number of hydrogen-bond acceptors (Lipinski definition) is 4. The van der Waals surface area contributed by atoms with E-state index in [4.69, 9.17) is 4.74 Å². The molecule has 5 heteroatoms. The summed E-state index contributed by atoms with van der Waals surface area (Å²) in [6.07, 6.45) is 1.55. The predicted octanol–water partition coefficient (Wildman–Crippen LogP) is 2.93. The van der Waals surface area contributed by atoms with Gasteiger partial charge in [0.05, 0.1) is 5.60 Å². The summed E-state index contributed by atoms with van der Waals surface area (Å²) in [5.41, 5.74) is 2.06. The van der Waals surface area contributed by atoms with E-state index in [1.807, 2.05) is 54.6 Å². The van der Waals surface area contributed by atoms with Gasteiger partial charge in [0.1, 0.15) is 6.61 Å². The van der Waals surface area contributed by atoms with Gasteiger partial charge in [-0.25, -0.2) is 4.79 Å². The summed E-state index contributed by atoms with van der Waals surface area (Å²) in [7, 11) is 0. The average molecular weight is 378 g/mol. The number of benzene rings is 2. The van der Waals surface area contributed by atoms with E-state index < -0.39 is 11.7 Å². The van der Waals surface area contributed by atoms with Gasteiger partial charge in [-0.3, -0.25) is 0 Å². The second-order valence-electron chi connectivity index (χ2n) is 6.90. The first kappa shape index (κ1) is 19.9. The minimum absolute atomic E-state index is 0.257. The number of carbonyl (C=O) groups is 1. The third-order valence-electron chi connectivity index (χ3n) is 4.82. The Morgan fingerprint density at radius 1 is 1.11 bits per heavy atom. The number of carbonyl (C=O) groups excluding carboxylic acids is 1. The molecule has 0 atom stereocenters. The molecule has 28 heavy (non-hydrogen) atoms. The minimum atomic E-state index is -0.735. The van der Waals surface area contributed by atoms with Crippen LogP contribution in [0.5, 0.6) is 0 Å². The van der Waals surface area contributed by atoms with Gasteiger partial charge in [0.25, 0.3) is 0 Å². The number of aliphatic hydroxyl groups is 1. The van der Waals surface area contributed by atoms with Crippen molar-refractivity contribution in [2.45, 2.75) is 31.5 Å². The lowest BCUT2D eigenvalue weighted by Gasteiger charge is -2.33. The van der Waals surface area contributed by atoms with Gasteiger partial charge in [0.15, 0.2) is 0 Å². The van der Waals surface area contributed by atoms with Gasteiger partial charge in [-0.1, -0.05) is 54.3 Å². The fourth-order valence-corrected chi connectivity index (χ4v) is 3.16. The van der Waals surface area contributed by atoms with Gasteiger partial charge in [-0.2, -0.15) is 0 Å². The van der Waals surface area contributed by atoms with Gasteiger partial charge >= 0.3 is 6.09 Å². The molecule has 1 saturated heterocycles. The number of rotatable bonds is 5. The van der Waals surface area contributed by atoms with Crippen LogP contribution in [-0.4, -0.2) is 30.8 Å². The van der Waals surface area contributed by atoms with Crippen LogP contribution in [0.15, 0.2) is 54.6 Å². The Hall–Kier alpha value is -2.81. The van der Waals surface area contributed by atoms with E-state index in [0.717, 1.165) is 42.6 Å². The molecule has 0 aromatic heterocycles. The maximum Gasteiger partial charge on any atom is 0.407 e. The number of alkyl carbamates (subject to hydrolysis) is 1. The second kappa shape index (κ2) is 9.93. The zero-order valence-electron chi connectivity index (χ0n) is 15.9. The maximum atomic E-state index is 11.7. The maximum absolute atomic E-state index is 11.7. The zero-order chi connectivity index (χ0) is 19.7. The molecule has 5 nitrogen and oxygen atoms in total. The van der Waals surface area contributed by atoms with E-state index in [1.165, 1.54) is 0 Å². The molecule has 2 aromatic rings. The number of amides is 1. The molecule has 1 aliphatic heterocycles. The molecule has 2 aromatic carbocycles. The van der Waals surface area contributed by atoms with Crippen molar-refractivity contribution in [1.29, 1.82) is 0 Å². The first-order chi connectivity index (χ1) is 13.7. The van der Waals surface area contributed by atoms with Crippen LogP contribution in [0.25, 0.3) is 0 Å². The Morgan fingerprint density at radius 2 is 1.82 bits per heavy atom. The van der Waals surface area contributed by atoms with E-state index in [1.54, 1.807) is 0 Å². The summed E-state index contributed by atoms with van der Waals surface area (Å²) in [4.78, 5) is 11.7. The molecule has 0 radical (unpaired) electrons. The summed E-state index contributed by atoms with van der Waals surface area (Å²) in [5, 5.41) is 16.7. The first-order valence-corrected chi connectivity index (χ1v) is 9.63. The molecule has 0 spiro atoms. The highest BCUT2D eigenvalue weighted by atomic mass is 16.5. The molecule has 1 aliphatic rings. The Kier molecular flexibility index (Phi) is 7.07. The molecular weight excluding hydrogens is 352 g/mol. The lowest BCUT2D eigenvalue weighted by atomic mass is 9.85. The topological polar surface area (TPSA) is 70.6 Å². The number of ether oxygens (including phenoxy) is 1. The molecule has 146 valence electrons. The summed E-state index contributed by atoms with van der Waals surface area (Å²) >= 11 is 0. The average Bonchev–Trinajstić information content (AvgIpc) is 2.74. The molecule has 0 saturated carbocycles. The lowest BCUT2D eigenvalue weighted by molar-refractivity contribution is 0.00594. The van der Waals surface area contributed by atoms with Crippen molar-refractivity contribution < 1.29 is 14.6 Å². The van der Waals surface area contributed by atoms with Gasteiger partial charge in [-0.05, 0) is 49.2 Å². The van der Waals surface area contributed by atoms with E-state index in [0.29, 0.717) is 13.0 Å². The van der Waals surface area contributed by atoms with E-state index in [2.05, 4.69) is 22.5 Å². The highest BCUT2D eigenvalue weighted by Crippen LogP contribution is 2.30. The zero-order valence-corrected chi connectivity index (χ0v) is 15.9. The van der Waals surface area contributed by atoms with Gasteiger partial charge in [0.2, 0.25) is 0 Å². The van der Waals surface area contributed by atoms with E-state index >= 15 is 0 Å². The third-order valence-corrected chi connectivity index (χ3v) is 4.82. The molecule has 0 bridgehead atoms.